The normalized spacial score (nSPS) is 11.3. The van der Waals surface area contributed by atoms with E-state index in [1.165, 1.54) is 22.4 Å². The zero-order valence-electron chi connectivity index (χ0n) is 12.3. The molecule has 0 spiro atoms. The van der Waals surface area contributed by atoms with Crippen molar-refractivity contribution in [1.82, 2.24) is 9.78 Å². The van der Waals surface area contributed by atoms with E-state index in [2.05, 4.69) is 55.7 Å². The van der Waals surface area contributed by atoms with Crippen LogP contribution in [0, 0.1) is 13.8 Å². The van der Waals surface area contributed by atoms with Gasteiger partial charge in [-0.3, -0.25) is 0 Å². The van der Waals surface area contributed by atoms with Gasteiger partial charge in [-0.15, -0.1) is 0 Å². The highest BCUT2D eigenvalue weighted by Gasteiger charge is 2.16. The molecule has 102 valence electrons. The molecule has 0 atom stereocenters. The zero-order valence-corrected chi connectivity index (χ0v) is 12.3. The van der Waals surface area contributed by atoms with Crippen LogP contribution in [-0.4, -0.2) is 16.3 Å². The van der Waals surface area contributed by atoms with Crippen LogP contribution >= 0.6 is 0 Å². The van der Waals surface area contributed by atoms with Crippen LogP contribution in [0.4, 0.5) is 0 Å². The Labute approximate surface area is 115 Å². The monoisotopic (exact) mass is 257 g/mol. The number of hydrogen-bond acceptors (Lipinski definition) is 2. The Kier molecular flexibility index (Phi) is 4.05. The van der Waals surface area contributed by atoms with Crippen LogP contribution in [0.15, 0.2) is 24.4 Å². The first-order chi connectivity index (χ1) is 9.04. The summed E-state index contributed by atoms with van der Waals surface area (Å²) in [5, 5.41) is 4.58. The third-order valence-corrected chi connectivity index (χ3v) is 3.43. The third kappa shape index (κ3) is 2.71. The number of hydrogen-bond donors (Lipinski definition) is 1. The van der Waals surface area contributed by atoms with Crippen molar-refractivity contribution in [3.8, 4) is 5.69 Å². The minimum Gasteiger partial charge on any atom is -0.330 e. The van der Waals surface area contributed by atoms with E-state index in [1.54, 1.807) is 0 Å². The highest BCUT2D eigenvalue weighted by atomic mass is 15.3. The van der Waals surface area contributed by atoms with Gasteiger partial charge < -0.3 is 5.73 Å². The van der Waals surface area contributed by atoms with Crippen LogP contribution in [0.25, 0.3) is 5.69 Å². The molecule has 1 aromatic heterocycles. The lowest BCUT2D eigenvalue weighted by molar-refractivity contribution is 0.721. The van der Waals surface area contributed by atoms with Crippen LogP contribution in [0.1, 0.15) is 42.1 Å². The standard InChI is InChI=1S/C16H23N3/c1-11(2)16-14(7-8-17)10-18-19(16)15-6-5-12(3)9-13(15)4/h5-6,9-11H,7-8,17H2,1-4H3. The fourth-order valence-electron chi connectivity index (χ4n) is 2.59. The van der Waals surface area contributed by atoms with Crippen molar-refractivity contribution >= 4 is 0 Å². The van der Waals surface area contributed by atoms with Crippen molar-refractivity contribution < 1.29 is 0 Å². The molecule has 0 saturated heterocycles. The van der Waals surface area contributed by atoms with E-state index in [1.807, 2.05) is 6.20 Å². The zero-order chi connectivity index (χ0) is 14.0. The molecule has 0 radical (unpaired) electrons. The maximum atomic E-state index is 5.69. The Morgan fingerprint density at radius 3 is 2.58 bits per heavy atom. The molecule has 0 unspecified atom stereocenters. The summed E-state index contributed by atoms with van der Waals surface area (Å²) in [6, 6.07) is 6.48. The van der Waals surface area contributed by atoms with Crippen molar-refractivity contribution in [3.63, 3.8) is 0 Å². The van der Waals surface area contributed by atoms with E-state index in [0.717, 1.165) is 12.1 Å². The minimum atomic E-state index is 0.435. The van der Waals surface area contributed by atoms with Crippen LogP contribution < -0.4 is 5.73 Å². The first-order valence-electron chi connectivity index (χ1n) is 6.89. The molecule has 2 N–H and O–H groups in total. The van der Waals surface area contributed by atoms with E-state index < -0.39 is 0 Å². The number of nitrogens with two attached hydrogens (primary N) is 1. The SMILES string of the molecule is Cc1ccc(-n2ncc(CCN)c2C(C)C)c(C)c1. The molecule has 1 aromatic carbocycles. The van der Waals surface area contributed by atoms with Gasteiger partial charge in [0.15, 0.2) is 0 Å². The first-order valence-corrected chi connectivity index (χ1v) is 6.89. The molecular weight excluding hydrogens is 234 g/mol. The van der Waals surface area contributed by atoms with Crippen molar-refractivity contribution in [2.24, 2.45) is 5.73 Å². The molecule has 0 aliphatic carbocycles. The van der Waals surface area contributed by atoms with Crippen LogP contribution in [0.5, 0.6) is 0 Å². The molecular formula is C16H23N3. The van der Waals surface area contributed by atoms with Gasteiger partial charge in [0.1, 0.15) is 0 Å². The van der Waals surface area contributed by atoms with Crippen LogP contribution in [0.3, 0.4) is 0 Å². The van der Waals surface area contributed by atoms with Crippen LogP contribution in [0.2, 0.25) is 0 Å². The van der Waals surface area contributed by atoms with E-state index in [9.17, 15) is 0 Å². The van der Waals surface area contributed by atoms with E-state index in [0.29, 0.717) is 12.5 Å². The molecule has 19 heavy (non-hydrogen) atoms. The highest BCUT2D eigenvalue weighted by Crippen LogP contribution is 2.25. The molecule has 0 aliphatic heterocycles. The maximum Gasteiger partial charge on any atom is 0.0678 e. The average Bonchev–Trinajstić information content (AvgIpc) is 2.73. The minimum absolute atomic E-state index is 0.435. The van der Waals surface area contributed by atoms with E-state index in [-0.39, 0.29) is 0 Å². The largest absolute Gasteiger partial charge is 0.330 e. The summed E-state index contributed by atoms with van der Waals surface area (Å²) in [5.74, 6) is 0.435. The highest BCUT2D eigenvalue weighted by molar-refractivity contribution is 5.44. The second kappa shape index (κ2) is 5.57. The molecule has 0 saturated carbocycles. The number of nitrogens with zero attached hydrogens (tertiary/aromatic N) is 2. The Hall–Kier alpha value is -1.61. The predicted molar refractivity (Wildman–Crippen MR) is 79.9 cm³/mol. The lowest BCUT2D eigenvalue weighted by Gasteiger charge is -2.15. The molecule has 2 aromatic rings. The summed E-state index contributed by atoms with van der Waals surface area (Å²) in [6.07, 6.45) is 2.85. The van der Waals surface area contributed by atoms with E-state index >= 15 is 0 Å². The molecule has 2 rings (SSSR count). The van der Waals surface area contributed by atoms with Gasteiger partial charge in [0.2, 0.25) is 0 Å². The predicted octanol–water partition coefficient (Wildman–Crippen LogP) is 3.11. The van der Waals surface area contributed by atoms with Crippen molar-refractivity contribution in [2.45, 2.75) is 40.0 Å². The molecule has 3 nitrogen and oxygen atoms in total. The Morgan fingerprint density at radius 1 is 1.26 bits per heavy atom. The summed E-state index contributed by atoms with van der Waals surface area (Å²) in [4.78, 5) is 0. The second-order valence-electron chi connectivity index (χ2n) is 5.45. The van der Waals surface area contributed by atoms with Gasteiger partial charge in [-0.1, -0.05) is 31.5 Å². The van der Waals surface area contributed by atoms with Crippen molar-refractivity contribution in [3.05, 3.63) is 46.8 Å². The number of benzene rings is 1. The molecule has 1 heterocycles. The first kappa shape index (κ1) is 13.8. The number of aryl methyl sites for hydroxylation is 2. The quantitative estimate of drug-likeness (QED) is 0.914. The van der Waals surface area contributed by atoms with Gasteiger partial charge in [-0.05, 0) is 49.9 Å². The molecule has 0 amide bonds. The molecule has 0 fully saturated rings. The lowest BCUT2D eigenvalue weighted by Crippen LogP contribution is -2.09. The summed E-state index contributed by atoms with van der Waals surface area (Å²) >= 11 is 0. The fraction of sp³-hybridized carbons (Fsp3) is 0.438. The molecule has 0 bridgehead atoms. The topological polar surface area (TPSA) is 43.8 Å². The Morgan fingerprint density at radius 2 is 2.00 bits per heavy atom. The van der Waals surface area contributed by atoms with Gasteiger partial charge >= 0.3 is 0 Å². The van der Waals surface area contributed by atoms with Crippen LogP contribution in [-0.2, 0) is 6.42 Å². The third-order valence-electron chi connectivity index (χ3n) is 3.43. The lowest BCUT2D eigenvalue weighted by atomic mass is 10.0. The van der Waals surface area contributed by atoms with Gasteiger partial charge in [-0.25, -0.2) is 4.68 Å². The number of rotatable bonds is 4. The second-order valence-corrected chi connectivity index (χ2v) is 5.45. The molecule has 0 aliphatic rings. The van der Waals surface area contributed by atoms with Gasteiger partial charge in [0.05, 0.1) is 17.6 Å². The Bertz CT molecular complexity index is 567. The average molecular weight is 257 g/mol. The summed E-state index contributed by atoms with van der Waals surface area (Å²) < 4.78 is 2.07. The van der Waals surface area contributed by atoms with Crippen molar-refractivity contribution in [2.75, 3.05) is 6.54 Å². The number of aromatic nitrogens is 2. The van der Waals surface area contributed by atoms with Gasteiger partial charge in [0.25, 0.3) is 0 Å². The van der Waals surface area contributed by atoms with Crippen molar-refractivity contribution in [1.29, 1.82) is 0 Å². The summed E-state index contributed by atoms with van der Waals surface area (Å²) in [5.41, 5.74) is 11.9. The fourth-order valence-corrected chi connectivity index (χ4v) is 2.59. The Balaban J connectivity index is 2.55. The summed E-state index contributed by atoms with van der Waals surface area (Å²) in [7, 11) is 0. The van der Waals surface area contributed by atoms with Gasteiger partial charge in [-0.2, -0.15) is 5.10 Å². The smallest absolute Gasteiger partial charge is 0.0678 e. The van der Waals surface area contributed by atoms with Gasteiger partial charge in [0, 0.05) is 0 Å². The maximum absolute atomic E-state index is 5.69. The van der Waals surface area contributed by atoms with E-state index in [4.69, 9.17) is 5.73 Å². The summed E-state index contributed by atoms with van der Waals surface area (Å²) in [6.45, 7) is 9.33. The molecule has 3 heteroatoms.